The van der Waals surface area contributed by atoms with Gasteiger partial charge in [0.2, 0.25) is 5.91 Å². The van der Waals surface area contributed by atoms with E-state index in [4.69, 9.17) is 9.47 Å². The highest BCUT2D eigenvalue weighted by molar-refractivity contribution is 7.16. The van der Waals surface area contributed by atoms with Crippen molar-refractivity contribution in [2.45, 2.75) is 45.4 Å². The minimum Gasteiger partial charge on any atom is -0.492 e. The molecule has 2 aliphatic heterocycles. The van der Waals surface area contributed by atoms with E-state index in [1.807, 2.05) is 6.07 Å². The van der Waals surface area contributed by atoms with Crippen molar-refractivity contribution in [1.29, 1.82) is 0 Å². The molecule has 166 valence electrons. The normalized spacial score (nSPS) is 19.4. The van der Waals surface area contributed by atoms with Crippen molar-refractivity contribution in [2.24, 2.45) is 0 Å². The number of benzene rings is 1. The van der Waals surface area contributed by atoms with Gasteiger partial charge in [0, 0.05) is 43.5 Å². The number of amides is 1. The van der Waals surface area contributed by atoms with Crippen molar-refractivity contribution < 1.29 is 19.1 Å². The van der Waals surface area contributed by atoms with Crippen LogP contribution in [0.1, 0.15) is 35.8 Å². The summed E-state index contributed by atoms with van der Waals surface area (Å²) in [5.41, 5.74) is 2.35. The Morgan fingerprint density at radius 2 is 2.10 bits per heavy atom. The maximum Gasteiger partial charge on any atom is 0.323 e. The topological polar surface area (TPSA) is 71.1 Å². The summed E-state index contributed by atoms with van der Waals surface area (Å²) in [5, 5.41) is 3.72. The number of carbonyl (C=O) groups excluding carboxylic acids is 2. The van der Waals surface area contributed by atoms with Gasteiger partial charge < -0.3 is 14.8 Å². The SMILES string of the molecule is COC(=O)[C@@H]1CCCN1Cc1ccc2c(c1)CN(Cc1ccc(NC(C)=O)s1)CCO2. The number of thiophene rings is 1. The highest BCUT2D eigenvalue weighted by atomic mass is 32.1. The van der Waals surface area contributed by atoms with Crippen LogP contribution in [-0.2, 0) is 34.0 Å². The van der Waals surface area contributed by atoms with Gasteiger partial charge in [-0.05, 0) is 49.2 Å². The quantitative estimate of drug-likeness (QED) is 0.691. The molecule has 0 unspecified atom stereocenters. The zero-order chi connectivity index (χ0) is 21.8. The first kappa shape index (κ1) is 21.8. The Hall–Kier alpha value is -2.42. The maximum atomic E-state index is 12.1. The number of nitrogens with one attached hydrogen (secondary N) is 1. The average molecular weight is 444 g/mol. The average Bonchev–Trinajstić information content (AvgIpc) is 3.32. The van der Waals surface area contributed by atoms with E-state index in [0.717, 1.165) is 56.3 Å². The van der Waals surface area contributed by atoms with Crippen LogP contribution in [0.4, 0.5) is 5.00 Å². The highest BCUT2D eigenvalue weighted by Crippen LogP contribution is 2.29. The monoisotopic (exact) mass is 443 g/mol. The zero-order valence-corrected chi connectivity index (χ0v) is 18.9. The van der Waals surface area contributed by atoms with E-state index in [0.29, 0.717) is 6.61 Å². The molecule has 1 aromatic heterocycles. The van der Waals surface area contributed by atoms with E-state index in [2.05, 4.69) is 39.4 Å². The molecule has 1 atom stereocenters. The van der Waals surface area contributed by atoms with E-state index in [-0.39, 0.29) is 17.9 Å². The predicted octanol–water partition coefficient (Wildman–Crippen LogP) is 3.24. The van der Waals surface area contributed by atoms with E-state index >= 15 is 0 Å². The molecule has 2 aromatic rings. The Labute approximate surface area is 186 Å². The third kappa shape index (κ3) is 5.44. The molecule has 3 heterocycles. The number of hydrogen-bond donors (Lipinski definition) is 1. The first-order chi connectivity index (χ1) is 15.0. The second kappa shape index (κ2) is 9.80. The van der Waals surface area contributed by atoms with E-state index in [9.17, 15) is 9.59 Å². The number of hydrogen-bond acceptors (Lipinski definition) is 7. The zero-order valence-electron chi connectivity index (χ0n) is 18.1. The molecule has 0 radical (unpaired) electrons. The van der Waals surface area contributed by atoms with Gasteiger partial charge in [0.05, 0.1) is 12.1 Å². The molecule has 8 heteroatoms. The van der Waals surface area contributed by atoms with Gasteiger partial charge in [-0.3, -0.25) is 19.4 Å². The van der Waals surface area contributed by atoms with Crippen LogP contribution in [0.15, 0.2) is 30.3 Å². The van der Waals surface area contributed by atoms with Gasteiger partial charge in [0.1, 0.15) is 18.4 Å². The van der Waals surface area contributed by atoms with Crippen LogP contribution in [0.3, 0.4) is 0 Å². The molecule has 7 nitrogen and oxygen atoms in total. The Bertz CT molecular complexity index is 945. The van der Waals surface area contributed by atoms with Gasteiger partial charge in [-0.15, -0.1) is 11.3 Å². The van der Waals surface area contributed by atoms with Crippen molar-refractivity contribution in [3.8, 4) is 5.75 Å². The Kier molecular flexibility index (Phi) is 6.89. The van der Waals surface area contributed by atoms with E-state index < -0.39 is 0 Å². The summed E-state index contributed by atoms with van der Waals surface area (Å²) in [6.07, 6.45) is 1.87. The Morgan fingerprint density at radius 1 is 1.23 bits per heavy atom. The summed E-state index contributed by atoms with van der Waals surface area (Å²) >= 11 is 1.61. The largest absolute Gasteiger partial charge is 0.492 e. The Morgan fingerprint density at radius 3 is 2.90 bits per heavy atom. The third-order valence-corrected chi connectivity index (χ3v) is 6.73. The second-order valence-corrected chi connectivity index (χ2v) is 9.27. The number of nitrogens with zero attached hydrogens (tertiary/aromatic N) is 2. The van der Waals surface area contributed by atoms with E-state index in [1.165, 1.54) is 30.0 Å². The number of anilines is 1. The molecule has 1 amide bonds. The summed E-state index contributed by atoms with van der Waals surface area (Å²) in [7, 11) is 1.46. The number of ether oxygens (including phenoxy) is 2. The molecule has 2 aliphatic rings. The number of rotatable bonds is 6. The van der Waals surface area contributed by atoms with Gasteiger partial charge >= 0.3 is 5.97 Å². The summed E-state index contributed by atoms with van der Waals surface area (Å²) < 4.78 is 11.0. The lowest BCUT2D eigenvalue weighted by molar-refractivity contribution is -0.146. The third-order valence-electron chi connectivity index (χ3n) is 5.75. The fourth-order valence-corrected chi connectivity index (χ4v) is 5.31. The molecule has 31 heavy (non-hydrogen) atoms. The van der Waals surface area contributed by atoms with Gasteiger partial charge in [-0.25, -0.2) is 0 Å². The van der Waals surface area contributed by atoms with Crippen LogP contribution in [-0.4, -0.2) is 54.5 Å². The number of esters is 1. The fourth-order valence-electron chi connectivity index (χ4n) is 4.31. The summed E-state index contributed by atoms with van der Waals surface area (Å²) in [4.78, 5) is 29.1. The molecule has 0 saturated carbocycles. The van der Waals surface area contributed by atoms with Crippen LogP contribution in [0.5, 0.6) is 5.75 Å². The molecule has 1 saturated heterocycles. The van der Waals surface area contributed by atoms with Crippen LogP contribution in [0, 0.1) is 0 Å². The number of carbonyl (C=O) groups is 2. The van der Waals surface area contributed by atoms with Gasteiger partial charge in [0.25, 0.3) is 0 Å². The maximum absolute atomic E-state index is 12.1. The molecule has 4 rings (SSSR count). The molecule has 1 aromatic carbocycles. The van der Waals surface area contributed by atoms with Crippen LogP contribution >= 0.6 is 11.3 Å². The van der Waals surface area contributed by atoms with Crippen molar-refractivity contribution in [1.82, 2.24) is 9.80 Å². The van der Waals surface area contributed by atoms with Gasteiger partial charge in [0.15, 0.2) is 0 Å². The van der Waals surface area contributed by atoms with Crippen molar-refractivity contribution in [3.05, 3.63) is 46.3 Å². The molecule has 0 spiro atoms. The lowest BCUT2D eigenvalue weighted by atomic mass is 10.1. The molecule has 1 fully saturated rings. The van der Waals surface area contributed by atoms with Gasteiger partial charge in [-0.2, -0.15) is 0 Å². The fraction of sp³-hybridized carbons (Fsp3) is 0.478. The smallest absolute Gasteiger partial charge is 0.323 e. The number of likely N-dealkylation sites (tertiary alicyclic amines) is 1. The van der Waals surface area contributed by atoms with Crippen LogP contribution < -0.4 is 10.1 Å². The minimum absolute atomic E-state index is 0.0505. The van der Waals surface area contributed by atoms with Crippen molar-refractivity contribution in [2.75, 3.05) is 32.1 Å². The Balaban J connectivity index is 1.43. The lowest BCUT2D eigenvalue weighted by Crippen LogP contribution is -2.36. The minimum atomic E-state index is -0.145. The highest BCUT2D eigenvalue weighted by Gasteiger charge is 2.31. The molecular formula is C23H29N3O4S. The molecule has 0 bridgehead atoms. The predicted molar refractivity (Wildman–Crippen MR) is 120 cm³/mol. The molecule has 1 N–H and O–H groups in total. The number of methoxy groups -OCH3 is 1. The van der Waals surface area contributed by atoms with Crippen LogP contribution in [0.25, 0.3) is 0 Å². The molecular weight excluding hydrogens is 414 g/mol. The first-order valence-corrected chi connectivity index (χ1v) is 11.5. The summed E-state index contributed by atoms with van der Waals surface area (Å²) in [6.45, 7) is 6.27. The lowest BCUT2D eigenvalue weighted by Gasteiger charge is -2.23. The van der Waals surface area contributed by atoms with Crippen LogP contribution in [0.2, 0.25) is 0 Å². The van der Waals surface area contributed by atoms with Gasteiger partial charge in [-0.1, -0.05) is 6.07 Å². The van der Waals surface area contributed by atoms with Crippen molar-refractivity contribution in [3.63, 3.8) is 0 Å². The van der Waals surface area contributed by atoms with E-state index in [1.54, 1.807) is 11.3 Å². The van der Waals surface area contributed by atoms with Crippen molar-refractivity contribution >= 4 is 28.2 Å². The summed E-state index contributed by atoms with van der Waals surface area (Å²) in [5.74, 6) is 0.740. The standard InChI is InChI=1S/C23H29N3O4S/c1-16(27)24-22-8-6-19(31-22)15-25-10-11-30-21-7-5-17(12-18(21)14-25)13-26-9-3-4-20(26)23(28)29-2/h5-8,12,20H,3-4,9-11,13-15H2,1-2H3,(H,24,27)/t20-/m0/s1. The molecule has 0 aliphatic carbocycles. The second-order valence-electron chi connectivity index (χ2n) is 8.10. The number of fused-ring (bicyclic) bond motifs is 1. The summed E-state index contributed by atoms with van der Waals surface area (Å²) in [6, 6.07) is 10.2. The first-order valence-electron chi connectivity index (χ1n) is 10.7.